The van der Waals surface area contributed by atoms with Crippen LogP contribution in [0.2, 0.25) is 0 Å². The first-order chi connectivity index (χ1) is 10.0. The third-order valence-electron chi connectivity index (χ3n) is 3.70. The Morgan fingerprint density at radius 2 is 1.62 bits per heavy atom. The van der Waals surface area contributed by atoms with Crippen molar-refractivity contribution in [3.63, 3.8) is 0 Å². The molecule has 2 rings (SSSR count). The largest absolute Gasteiger partial charge is 0.497 e. The molecule has 0 spiro atoms. The van der Waals surface area contributed by atoms with Crippen molar-refractivity contribution in [3.05, 3.63) is 58.7 Å². The smallest absolute Gasteiger partial charge is 0.119 e. The predicted octanol–water partition coefficient (Wildman–Crippen LogP) is 3.77. The zero-order chi connectivity index (χ0) is 15.4. The molecule has 1 unspecified atom stereocenters. The number of rotatable bonds is 5. The molecule has 0 aliphatic carbocycles. The fraction of sp³-hybridized carbons (Fsp3) is 0.333. The summed E-state index contributed by atoms with van der Waals surface area (Å²) in [5, 5.41) is 13.2. The Hall–Kier alpha value is -2.00. The Morgan fingerprint density at radius 1 is 1.05 bits per heavy atom. The van der Waals surface area contributed by atoms with Gasteiger partial charge in [-0.15, -0.1) is 0 Å². The van der Waals surface area contributed by atoms with Gasteiger partial charge in [0.1, 0.15) is 5.75 Å². The maximum Gasteiger partial charge on any atom is 0.119 e. The summed E-state index contributed by atoms with van der Waals surface area (Å²) in [5.41, 5.74) is 5.78. The van der Waals surface area contributed by atoms with Gasteiger partial charge >= 0.3 is 0 Å². The van der Waals surface area contributed by atoms with Gasteiger partial charge in [0, 0.05) is 5.69 Å². The lowest BCUT2D eigenvalue weighted by Crippen LogP contribution is -2.17. The molecular formula is C18H23NO2. The van der Waals surface area contributed by atoms with Crippen LogP contribution in [0.25, 0.3) is 0 Å². The Labute approximate surface area is 126 Å². The number of aryl methyl sites for hydroxylation is 3. The zero-order valence-electron chi connectivity index (χ0n) is 13.1. The van der Waals surface area contributed by atoms with E-state index in [9.17, 15) is 5.11 Å². The fourth-order valence-corrected chi connectivity index (χ4v) is 2.84. The third-order valence-corrected chi connectivity index (χ3v) is 3.70. The summed E-state index contributed by atoms with van der Waals surface area (Å²) in [5.74, 6) is 0.823. The first kappa shape index (κ1) is 15.4. The maximum atomic E-state index is 9.77. The summed E-state index contributed by atoms with van der Waals surface area (Å²) < 4.78 is 5.16. The quantitative estimate of drug-likeness (QED) is 0.878. The van der Waals surface area contributed by atoms with Crippen LogP contribution < -0.4 is 10.1 Å². The van der Waals surface area contributed by atoms with Crippen molar-refractivity contribution < 1.29 is 9.84 Å². The van der Waals surface area contributed by atoms with E-state index in [0.717, 1.165) is 11.4 Å². The summed E-state index contributed by atoms with van der Waals surface area (Å²) in [4.78, 5) is 0. The molecule has 3 nitrogen and oxygen atoms in total. The van der Waals surface area contributed by atoms with Crippen molar-refractivity contribution in [1.82, 2.24) is 0 Å². The first-order valence-electron chi connectivity index (χ1n) is 7.14. The standard InChI is InChI=1S/C18H23NO2/c1-12-9-13(2)18(14(3)10-12)17(11-20)19-15-5-7-16(21-4)8-6-15/h5-10,17,19-20H,11H2,1-4H3. The normalized spacial score (nSPS) is 12.0. The lowest BCUT2D eigenvalue weighted by molar-refractivity contribution is 0.275. The van der Waals surface area contributed by atoms with Crippen LogP contribution >= 0.6 is 0 Å². The number of hydrogen-bond acceptors (Lipinski definition) is 3. The van der Waals surface area contributed by atoms with E-state index >= 15 is 0 Å². The molecule has 2 aromatic carbocycles. The van der Waals surface area contributed by atoms with Crippen molar-refractivity contribution >= 4 is 5.69 Å². The van der Waals surface area contributed by atoms with E-state index in [2.05, 4.69) is 38.2 Å². The van der Waals surface area contributed by atoms with Crippen molar-refractivity contribution in [2.24, 2.45) is 0 Å². The molecule has 0 aromatic heterocycles. The Bertz CT molecular complexity index is 582. The molecule has 0 aliphatic rings. The number of ether oxygens (including phenoxy) is 1. The molecule has 0 radical (unpaired) electrons. The highest BCUT2D eigenvalue weighted by atomic mass is 16.5. The second kappa shape index (κ2) is 6.64. The van der Waals surface area contributed by atoms with E-state index in [1.54, 1.807) is 7.11 Å². The number of methoxy groups -OCH3 is 1. The van der Waals surface area contributed by atoms with Gasteiger partial charge in [-0.1, -0.05) is 17.7 Å². The highest BCUT2D eigenvalue weighted by Gasteiger charge is 2.15. The van der Waals surface area contributed by atoms with Crippen LogP contribution in [0.5, 0.6) is 5.75 Å². The Balaban J connectivity index is 2.27. The molecule has 0 saturated carbocycles. The van der Waals surface area contributed by atoms with Crippen LogP contribution in [-0.2, 0) is 0 Å². The van der Waals surface area contributed by atoms with E-state index in [4.69, 9.17) is 4.74 Å². The number of aliphatic hydroxyl groups is 1. The van der Waals surface area contributed by atoms with Gasteiger partial charge in [0.15, 0.2) is 0 Å². The van der Waals surface area contributed by atoms with Crippen LogP contribution in [0.15, 0.2) is 36.4 Å². The van der Waals surface area contributed by atoms with Gasteiger partial charge in [0.2, 0.25) is 0 Å². The summed E-state index contributed by atoms with van der Waals surface area (Å²) in [7, 11) is 1.65. The van der Waals surface area contributed by atoms with E-state index in [1.807, 2.05) is 24.3 Å². The number of nitrogens with one attached hydrogen (secondary N) is 1. The lowest BCUT2D eigenvalue weighted by atomic mass is 9.94. The molecule has 0 aliphatic heterocycles. The van der Waals surface area contributed by atoms with Gasteiger partial charge in [-0.25, -0.2) is 0 Å². The highest BCUT2D eigenvalue weighted by Crippen LogP contribution is 2.27. The molecule has 0 fully saturated rings. The topological polar surface area (TPSA) is 41.5 Å². The van der Waals surface area contributed by atoms with Crippen molar-refractivity contribution in [3.8, 4) is 5.75 Å². The van der Waals surface area contributed by atoms with Crippen molar-refractivity contribution in [1.29, 1.82) is 0 Å². The number of aliphatic hydroxyl groups excluding tert-OH is 1. The molecule has 0 heterocycles. The van der Waals surface area contributed by atoms with Gasteiger partial charge in [0.05, 0.1) is 19.8 Å². The predicted molar refractivity (Wildman–Crippen MR) is 87.1 cm³/mol. The summed E-state index contributed by atoms with van der Waals surface area (Å²) in [6.07, 6.45) is 0. The molecule has 0 saturated heterocycles. The van der Waals surface area contributed by atoms with Crippen LogP contribution in [0.1, 0.15) is 28.3 Å². The monoisotopic (exact) mass is 285 g/mol. The van der Waals surface area contributed by atoms with E-state index < -0.39 is 0 Å². The number of hydrogen-bond donors (Lipinski definition) is 2. The van der Waals surface area contributed by atoms with E-state index in [0.29, 0.717) is 0 Å². The van der Waals surface area contributed by atoms with Crippen molar-refractivity contribution in [2.45, 2.75) is 26.8 Å². The summed E-state index contributed by atoms with van der Waals surface area (Å²) in [6.45, 7) is 6.33. The first-order valence-corrected chi connectivity index (χ1v) is 7.14. The SMILES string of the molecule is COc1ccc(NC(CO)c2c(C)cc(C)cc2C)cc1. The van der Waals surface area contributed by atoms with Gasteiger partial charge < -0.3 is 15.2 Å². The zero-order valence-corrected chi connectivity index (χ0v) is 13.1. The molecule has 2 aromatic rings. The second-order valence-corrected chi connectivity index (χ2v) is 5.42. The van der Waals surface area contributed by atoms with E-state index in [1.165, 1.54) is 22.3 Å². The van der Waals surface area contributed by atoms with Gasteiger partial charge in [-0.05, 0) is 61.7 Å². The molecular weight excluding hydrogens is 262 g/mol. The molecule has 0 bridgehead atoms. The van der Waals surface area contributed by atoms with E-state index in [-0.39, 0.29) is 12.6 Å². The van der Waals surface area contributed by atoms with Gasteiger partial charge in [0.25, 0.3) is 0 Å². The summed E-state index contributed by atoms with van der Waals surface area (Å²) in [6, 6.07) is 11.9. The minimum absolute atomic E-state index is 0.0524. The van der Waals surface area contributed by atoms with Crippen LogP contribution in [0.4, 0.5) is 5.69 Å². The highest BCUT2D eigenvalue weighted by molar-refractivity contribution is 5.50. The molecule has 1 atom stereocenters. The van der Waals surface area contributed by atoms with Crippen LogP contribution in [-0.4, -0.2) is 18.8 Å². The fourth-order valence-electron chi connectivity index (χ4n) is 2.84. The van der Waals surface area contributed by atoms with Crippen LogP contribution in [0, 0.1) is 20.8 Å². The molecule has 0 amide bonds. The minimum Gasteiger partial charge on any atom is -0.497 e. The van der Waals surface area contributed by atoms with Crippen LogP contribution in [0.3, 0.4) is 0 Å². The van der Waals surface area contributed by atoms with Gasteiger partial charge in [-0.3, -0.25) is 0 Å². The van der Waals surface area contributed by atoms with Gasteiger partial charge in [-0.2, -0.15) is 0 Å². The number of anilines is 1. The maximum absolute atomic E-state index is 9.77. The molecule has 3 heteroatoms. The summed E-state index contributed by atoms with van der Waals surface area (Å²) >= 11 is 0. The Morgan fingerprint density at radius 3 is 2.10 bits per heavy atom. The average molecular weight is 285 g/mol. The third kappa shape index (κ3) is 3.56. The Kier molecular flexibility index (Phi) is 4.86. The molecule has 112 valence electrons. The molecule has 21 heavy (non-hydrogen) atoms. The number of benzene rings is 2. The second-order valence-electron chi connectivity index (χ2n) is 5.42. The van der Waals surface area contributed by atoms with Crippen molar-refractivity contribution in [2.75, 3.05) is 19.0 Å². The molecule has 2 N–H and O–H groups in total. The minimum atomic E-state index is -0.112. The average Bonchev–Trinajstić information content (AvgIpc) is 2.45. The lowest BCUT2D eigenvalue weighted by Gasteiger charge is -2.23.